The van der Waals surface area contributed by atoms with Gasteiger partial charge in [-0.15, -0.1) is 0 Å². The topological polar surface area (TPSA) is 48.1 Å². The van der Waals surface area contributed by atoms with Crippen molar-refractivity contribution in [2.24, 2.45) is 5.73 Å². The Kier molecular flexibility index (Phi) is 4.56. The summed E-state index contributed by atoms with van der Waals surface area (Å²) in [6.07, 6.45) is 2.67. The summed E-state index contributed by atoms with van der Waals surface area (Å²) in [4.78, 5) is 4.29. The van der Waals surface area contributed by atoms with Crippen LogP contribution in [0.25, 0.3) is 0 Å². The predicted molar refractivity (Wildman–Crippen MR) is 57.1 cm³/mol. The first-order valence-corrected chi connectivity index (χ1v) is 4.91. The van der Waals surface area contributed by atoms with Crippen molar-refractivity contribution in [3.8, 4) is 0 Å². The van der Waals surface area contributed by atoms with Crippen molar-refractivity contribution < 1.29 is 4.74 Å². The van der Waals surface area contributed by atoms with Crippen LogP contribution in [0.2, 0.25) is 0 Å². The summed E-state index contributed by atoms with van der Waals surface area (Å²) in [5.41, 5.74) is 7.07. The number of nitrogens with two attached hydrogens (primary N) is 1. The number of pyridine rings is 1. The minimum absolute atomic E-state index is 0.116. The molecule has 0 spiro atoms. The predicted octanol–water partition coefficient (Wildman–Crippen LogP) is 1.55. The summed E-state index contributed by atoms with van der Waals surface area (Å²) < 4.78 is 5.00. The van der Waals surface area contributed by atoms with Crippen molar-refractivity contribution in [3.05, 3.63) is 30.1 Å². The van der Waals surface area contributed by atoms with Crippen molar-refractivity contribution in [1.82, 2.24) is 4.98 Å². The van der Waals surface area contributed by atoms with E-state index in [0.717, 1.165) is 12.1 Å². The van der Waals surface area contributed by atoms with Crippen molar-refractivity contribution in [1.29, 1.82) is 0 Å². The van der Waals surface area contributed by atoms with Gasteiger partial charge in [-0.1, -0.05) is 13.0 Å². The first-order valence-electron chi connectivity index (χ1n) is 4.91. The molecule has 14 heavy (non-hydrogen) atoms. The molecule has 0 bridgehead atoms. The Labute approximate surface area is 85.3 Å². The van der Waals surface area contributed by atoms with E-state index in [-0.39, 0.29) is 12.0 Å². The molecule has 1 aromatic rings. The molecule has 0 saturated heterocycles. The first kappa shape index (κ1) is 11.1. The fourth-order valence-corrected chi connectivity index (χ4v) is 1.37. The number of ether oxygens (including phenoxy) is 1. The monoisotopic (exact) mass is 194 g/mol. The summed E-state index contributed by atoms with van der Waals surface area (Å²) in [6.45, 7) is 2.81. The number of hydrogen-bond acceptors (Lipinski definition) is 3. The van der Waals surface area contributed by atoms with Gasteiger partial charge in [0, 0.05) is 37.6 Å². The minimum Gasteiger partial charge on any atom is -0.385 e. The molecule has 0 fully saturated rings. The summed E-state index contributed by atoms with van der Waals surface area (Å²) in [7, 11) is 1.69. The highest BCUT2D eigenvalue weighted by molar-refractivity contribution is 5.10. The lowest BCUT2D eigenvalue weighted by Gasteiger charge is -2.18. The van der Waals surface area contributed by atoms with Gasteiger partial charge in [0.1, 0.15) is 0 Å². The molecule has 2 N–H and O–H groups in total. The van der Waals surface area contributed by atoms with Crippen LogP contribution < -0.4 is 5.73 Å². The van der Waals surface area contributed by atoms with E-state index < -0.39 is 0 Å². The third-order valence-electron chi connectivity index (χ3n) is 2.45. The Hall–Kier alpha value is -0.930. The highest BCUT2D eigenvalue weighted by atomic mass is 16.5. The van der Waals surface area contributed by atoms with E-state index in [1.54, 1.807) is 13.3 Å². The van der Waals surface area contributed by atoms with Crippen LogP contribution in [-0.4, -0.2) is 24.7 Å². The molecule has 3 heteroatoms. The van der Waals surface area contributed by atoms with Gasteiger partial charge < -0.3 is 10.5 Å². The number of nitrogens with zero attached hydrogens (tertiary/aromatic N) is 1. The molecule has 0 saturated carbocycles. The van der Waals surface area contributed by atoms with E-state index >= 15 is 0 Å². The fraction of sp³-hybridized carbons (Fsp3) is 0.545. The van der Waals surface area contributed by atoms with Crippen LogP contribution in [0.5, 0.6) is 0 Å². The molecular formula is C11H18N2O. The maximum atomic E-state index is 6.02. The first-order chi connectivity index (χ1) is 6.75. The Morgan fingerprint density at radius 2 is 2.29 bits per heavy atom. The second kappa shape index (κ2) is 5.73. The van der Waals surface area contributed by atoms with Crippen LogP contribution in [-0.2, 0) is 4.74 Å². The van der Waals surface area contributed by atoms with Crippen LogP contribution in [0, 0.1) is 0 Å². The number of hydrogen-bond donors (Lipinski definition) is 1. The molecule has 1 heterocycles. The van der Waals surface area contributed by atoms with Crippen LogP contribution in [0.3, 0.4) is 0 Å². The molecule has 0 aliphatic heterocycles. The molecule has 78 valence electrons. The Morgan fingerprint density at radius 1 is 1.50 bits per heavy atom. The van der Waals surface area contributed by atoms with E-state index in [1.807, 2.05) is 18.2 Å². The van der Waals surface area contributed by atoms with Gasteiger partial charge in [0.05, 0.1) is 0 Å². The molecule has 1 rings (SSSR count). The van der Waals surface area contributed by atoms with E-state index in [1.165, 1.54) is 0 Å². The lowest BCUT2D eigenvalue weighted by Crippen LogP contribution is -2.28. The fourth-order valence-electron chi connectivity index (χ4n) is 1.37. The van der Waals surface area contributed by atoms with Crippen molar-refractivity contribution >= 4 is 0 Å². The number of aromatic nitrogens is 1. The molecule has 0 radical (unpaired) electrons. The highest BCUT2D eigenvalue weighted by Gasteiger charge is 2.14. The SMILES string of the molecule is COCCC(N)C(C)c1ccccn1. The second-order valence-corrected chi connectivity index (χ2v) is 3.49. The minimum atomic E-state index is 0.116. The third kappa shape index (κ3) is 3.09. The largest absolute Gasteiger partial charge is 0.385 e. The van der Waals surface area contributed by atoms with Crippen LogP contribution in [0.1, 0.15) is 25.0 Å². The zero-order valence-electron chi connectivity index (χ0n) is 8.81. The second-order valence-electron chi connectivity index (χ2n) is 3.49. The highest BCUT2D eigenvalue weighted by Crippen LogP contribution is 2.16. The molecule has 1 aromatic heterocycles. The van der Waals surface area contributed by atoms with Crippen molar-refractivity contribution in [2.45, 2.75) is 25.3 Å². The lowest BCUT2D eigenvalue weighted by molar-refractivity contribution is 0.184. The van der Waals surface area contributed by atoms with Crippen molar-refractivity contribution in [2.75, 3.05) is 13.7 Å². The molecule has 0 aliphatic rings. The molecule has 3 nitrogen and oxygen atoms in total. The standard InChI is InChI=1S/C11H18N2O/c1-9(10(12)6-8-14-2)11-5-3-4-7-13-11/h3-5,7,9-10H,6,8,12H2,1-2H3. The summed E-state index contributed by atoms with van der Waals surface area (Å²) in [5, 5.41) is 0. The van der Waals surface area contributed by atoms with Crippen LogP contribution in [0.15, 0.2) is 24.4 Å². The number of rotatable bonds is 5. The molecule has 2 atom stereocenters. The number of methoxy groups -OCH3 is 1. The van der Waals surface area contributed by atoms with Gasteiger partial charge in [-0.05, 0) is 18.6 Å². The maximum Gasteiger partial charge on any atom is 0.0477 e. The van der Waals surface area contributed by atoms with Gasteiger partial charge in [-0.25, -0.2) is 0 Å². The van der Waals surface area contributed by atoms with Gasteiger partial charge in [0.2, 0.25) is 0 Å². The summed E-state index contributed by atoms with van der Waals surface area (Å²) >= 11 is 0. The molecule has 2 unspecified atom stereocenters. The third-order valence-corrected chi connectivity index (χ3v) is 2.45. The Morgan fingerprint density at radius 3 is 2.86 bits per heavy atom. The van der Waals surface area contributed by atoms with Gasteiger partial charge >= 0.3 is 0 Å². The Balaban J connectivity index is 2.52. The quantitative estimate of drug-likeness (QED) is 0.773. The van der Waals surface area contributed by atoms with Crippen LogP contribution in [0.4, 0.5) is 0 Å². The summed E-state index contributed by atoms with van der Waals surface area (Å²) in [5.74, 6) is 0.284. The molecular weight excluding hydrogens is 176 g/mol. The van der Waals surface area contributed by atoms with Gasteiger partial charge in [0.15, 0.2) is 0 Å². The van der Waals surface area contributed by atoms with E-state index in [0.29, 0.717) is 6.61 Å². The zero-order valence-corrected chi connectivity index (χ0v) is 8.81. The zero-order chi connectivity index (χ0) is 10.4. The van der Waals surface area contributed by atoms with Crippen LogP contribution >= 0.6 is 0 Å². The van der Waals surface area contributed by atoms with Gasteiger partial charge in [0.25, 0.3) is 0 Å². The van der Waals surface area contributed by atoms with E-state index in [2.05, 4.69) is 11.9 Å². The smallest absolute Gasteiger partial charge is 0.0477 e. The lowest BCUT2D eigenvalue weighted by atomic mass is 9.96. The van der Waals surface area contributed by atoms with E-state index in [9.17, 15) is 0 Å². The van der Waals surface area contributed by atoms with E-state index in [4.69, 9.17) is 10.5 Å². The average molecular weight is 194 g/mol. The molecule has 0 aromatic carbocycles. The normalized spacial score (nSPS) is 15.1. The summed E-state index contributed by atoms with van der Waals surface area (Å²) in [6, 6.07) is 6.03. The maximum absolute atomic E-state index is 6.02. The van der Waals surface area contributed by atoms with Gasteiger partial charge in [-0.2, -0.15) is 0 Å². The average Bonchev–Trinajstić information content (AvgIpc) is 2.26. The van der Waals surface area contributed by atoms with Crippen molar-refractivity contribution in [3.63, 3.8) is 0 Å². The molecule has 0 aliphatic carbocycles. The molecule has 0 amide bonds. The Bertz CT molecular complexity index is 251. The van der Waals surface area contributed by atoms with Gasteiger partial charge in [-0.3, -0.25) is 4.98 Å².